The van der Waals surface area contributed by atoms with E-state index in [1.807, 2.05) is 12.1 Å². The largest absolute Gasteiger partial charge is 0.454 e. The van der Waals surface area contributed by atoms with Gasteiger partial charge in [0.05, 0.1) is 11.1 Å². The molecule has 1 fully saturated rings. The number of benzene rings is 2. The van der Waals surface area contributed by atoms with Gasteiger partial charge in [-0.15, -0.1) is 0 Å². The average Bonchev–Trinajstić information content (AvgIpc) is 2.77. The van der Waals surface area contributed by atoms with Crippen molar-refractivity contribution in [3.63, 3.8) is 0 Å². The Labute approximate surface area is 142 Å². The van der Waals surface area contributed by atoms with E-state index in [1.54, 1.807) is 12.1 Å². The van der Waals surface area contributed by atoms with Crippen molar-refractivity contribution in [3.8, 4) is 11.5 Å². The van der Waals surface area contributed by atoms with Crippen molar-refractivity contribution in [1.29, 1.82) is 0 Å². The van der Waals surface area contributed by atoms with Gasteiger partial charge in [0.2, 0.25) is 0 Å². The van der Waals surface area contributed by atoms with E-state index in [-0.39, 0.29) is 5.75 Å². The summed E-state index contributed by atoms with van der Waals surface area (Å²) < 4.78 is 44.9. The van der Waals surface area contributed by atoms with Gasteiger partial charge >= 0.3 is 6.18 Å². The molecule has 7 heteroatoms. The Balaban J connectivity index is 1.84. The van der Waals surface area contributed by atoms with Gasteiger partial charge in [0.1, 0.15) is 17.3 Å². The molecule has 0 bridgehead atoms. The number of piperazine rings is 1. The molecular weight excluding hydrogens is 331 g/mol. The molecule has 1 saturated heterocycles. The van der Waals surface area contributed by atoms with Gasteiger partial charge in [-0.2, -0.15) is 13.2 Å². The number of alkyl halides is 3. The molecule has 0 spiro atoms. The lowest BCUT2D eigenvalue weighted by molar-refractivity contribution is -0.137. The maximum atomic E-state index is 13.0. The summed E-state index contributed by atoms with van der Waals surface area (Å²) in [7, 11) is 0. The topological polar surface area (TPSA) is 36.9 Å². The highest BCUT2D eigenvalue weighted by Crippen LogP contribution is 2.41. The van der Waals surface area contributed by atoms with Crippen LogP contribution in [0.15, 0.2) is 47.5 Å². The Hall–Kier alpha value is -2.54. The Morgan fingerprint density at radius 1 is 1.00 bits per heavy atom. The lowest BCUT2D eigenvalue weighted by atomic mass is 10.1. The molecule has 1 N–H and O–H groups in total. The van der Waals surface area contributed by atoms with Crippen molar-refractivity contribution in [1.82, 2.24) is 10.2 Å². The van der Waals surface area contributed by atoms with E-state index >= 15 is 0 Å². The Morgan fingerprint density at radius 2 is 1.76 bits per heavy atom. The number of fused-ring (bicyclic) bond motifs is 2. The van der Waals surface area contributed by atoms with E-state index in [0.717, 1.165) is 49.7 Å². The summed E-state index contributed by atoms with van der Waals surface area (Å²) >= 11 is 0. The van der Waals surface area contributed by atoms with Crippen LogP contribution in [-0.4, -0.2) is 36.9 Å². The van der Waals surface area contributed by atoms with E-state index in [4.69, 9.17) is 4.74 Å². The van der Waals surface area contributed by atoms with Gasteiger partial charge in [-0.1, -0.05) is 12.1 Å². The first kappa shape index (κ1) is 16.0. The van der Waals surface area contributed by atoms with Crippen molar-refractivity contribution in [2.24, 2.45) is 4.99 Å². The molecular formula is C18H16F3N3O. The summed E-state index contributed by atoms with van der Waals surface area (Å²) in [5.41, 5.74) is 0.441. The Bertz CT molecular complexity index is 827. The number of nitrogens with zero attached hydrogens (tertiary/aromatic N) is 2. The molecule has 2 aromatic carbocycles. The number of hydrogen-bond donors (Lipinski definition) is 1. The van der Waals surface area contributed by atoms with Crippen LogP contribution in [0.4, 0.5) is 18.9 Å². The zero-order valence-corrected chi connectivity index (χ0v) is 13.3. The Kier molecular flexibility index (Phi) is 3.88. The summed E-state index contributed by atoms with van der Waals surface area (Å²) in [6, 6.07) is 10.7. The number of ether oxygens (including phenoxy) is 1. The zero-order chi connectivity index (χ0) is 17.4. The highest BCUT2D eigenvalue weighted by Gasteiger charge is 2.32. The van der Waals surface area contributed by atoms with Crippen molar-refractivity contribution < 1.29 is 17.9 Å². The van der Waals surface area contributed by atoms with Crippen LogP contribution in [0.3, 0.4) is 0 Å². The van der Waals surface area contributed by atoms with Crippen LogP contribution in [-0.2, 0) is 6.18 Å². The van der Waals surface area contributed by atoms with Crippen LogP contribution in [0, 0.1) is 0 Å². The summed E-state index contributed by atoms with van der Waals surface area (Å²) in [5, 5.41) is 3.28. The van der Waals surface area contributed by atoms with Gasteiger partial charge in [0, 0.05) is 26.2 Å². The van der Waals surface area contributed by atoms with Crippen LogP contribution < -0.4 is 10.1 Å². The Morgan fingerprint density at radius 3 is 2.52 bits per heavy atom. The lowest BCUT2D eigenvalue weighted by Gasteiger charge is -2.30. The molecule has 25 heavy (non-hydrogen) atoms. The number of halogens is 3. The second kappa shape index (κ2) is 6.07. The van der Waals surface area contributed by atoms with E-state index < -0.39 is 11.7 Å². The van der Waals surface area contributed by atoms with E-state index in [0.29, 0.717) is 11.4 Å². The van der Waals surface area contributed by atoms with Crippen LogP contribution in [0.2, 0.25) is 0 Å². The van der Waals surface area contributed by atoms with Crippen molar-refractivity contribution in [2.75, 3.05) is 26.2 Å². The van der Waals surface area contributed by atoms with Crippen molar-refractivity contribution in [3.05, 3.63) is 53.6 Å². The van der Waals surface area contributed by atoms with E-state index in [9.17, 15) is 13.2 Å². The number of rotatable bonds is 0. The SMILES string of the molecule is FC(F)(F)c1ccc2c(c1)Oc1ccccc1C(N1CCNCC1)=N2. The first-order valence-electron chi connectivity index (χ1n) is 8.05. The fraction of sp³-hybridized carbons (Fsp3) is 0.278. The molecule has 0 aromatic heterocycles. The summed E-state index contributed by atoms with van der Waals surface area (Å²) in [6.07, 6.45) is -4.42. The predicted octanol–water partition coefficient (Wildman–Crippen LogP) is 3.79. The first-order chi connectivity index (χ1) is 12.0. The maximum absolute atomic E-state index is 13.0. The molecule has 130 valence electrons. The quantitative estimate of drug-likeness (QED) is 0.788. The number of nitrogens with one attached hydrogen (secondary N) is 1. The molecule has 0 saturated carbocycles. The number of amidine groups is 1. The third-order valence-corrected chi connectivity index (χ3v) is 4.28. The molecule has 0 unspecified atom stereocenters. The monoisotopic (exact) mass is 347 g/mol. The van der Waals surface area contributed by atoms with Gasteiger partial charge in [-0.05, 0) is 30.3 Å². The summed E-state index contributed by atoms with van der Waals surface area (Å²) in [6.45, 7) is 3.23. The fourth-order valence-corrected chi connectivity index (χ4v) is 3.02. The highest BCUT2D eigenvalue weighted by molar-refractivity contribution is 6.03. The van der Waals surface area contributed by atoms with E-state index in [1.165, 1.54) is 6.07 Å². The molecule has 4 rings (SSSR count). The van der Waals surface area contributed by atoms with Crippen LogP contribution in [0.25, 0.3) is 0 Å². The van der Waals surface area contributed by atoms with Crippen LogP contribution >= 0.6 is 0 Å². The predicted molar refractivity (Wildman–Crippen MR) is 88.6 cm³/mol. The third-order valence-electron chi connectivity index (χ3n) is 4.28. The van der Waals surface area contributed by atoms with Gasteiger partial charge in [0.15, 0.2) is 5.75 Å². The minimum atomic E-state index is -4.42. The standard InChI is InChI=1S/C18H16F3N3O/c19-18(20,21)12-5-6-14-16(11-12)25-15-4-2-1-3-13(15)17(23-14)24-9-7-22-8-10-24/h1-6,11,22H,7-10H2. The first-order valence-corrected chi connectivity index (χ1v) is 8.05. The molecule has 0 amide bonds. The summed E-state index contributed by atoms with van der Waals surface area (Å²) in [4.78, 5) is 6.78. The van der Waals surface area contributed by atoms with Crippen molar-refractivity contribution in [2.45, 2.75) is 6.18 Å². The second-order valence-corrected chi connectivity index (χ2v) is 5.95. The van der Waals surface area contributed by atoms with Gasteiger partial charge in [-0.25, -0.2) is 4.99 Å². The molecule has 4 nitrogen and oxygen atoms in total. The van der Waals surface area contributed by atoms with E-state index in [2.05, 4.69) is 15.2 Å². The molecule has 2 aliphatic rings. The highest BCUT2D eigenvalue weighted by atomic mass is 19.4. The molecule has 0 aliphatic carbocycles. The summed E-state index contributed by atoms with van der Waals surface area (Å²) in [5.74, 6) is 1.36. The number of aliphatic imine (C=N–C) groups is 1. The number of hydrogen-bond acceptors (Lipinski definition) is 4. The van der Waals surface area contributed by atoms with Crippen molar-refractivity contribution >= 4 is 11.5 Å². The molecule has 0 radical (unpaired) electrons. The number of para-hydroxylation sites is 1. The maximum Gasteiger partial charge on any atom is 0.416 e. The van der Waals surface area contributed by atoms with Gasteiger partial charge in [-0.3, -0.25) is 0 Å². The smallest absolute Gasteiger partial charge is 0.416 e. The molecule has 2 aliphatic heterocycles. The van der Waals surface area contributed by atoms with Gasteiger partial charge in [0.25, 0.3) is 0 Å². The fourth-order valence-electron chi connectivity index (χ4n) is 3.02. The second-order valence-electron chi connectivity index (χ2n) is 5.95. The third kappa shape index (κ3) is 3.07. The zero-order valence-electron chi connectivity index (χ0n) is 13.3. The van der Waals surface area contributed by atoms with Crippen LogP contribution in [0.5, 0.6) is 11.5 Å². The normalized spacial score (nSPS) is 17.1. The van der Waals surface area contributed by atoms with Crippen LogP contribution in [0.1, 0.15) is 11.1 Å². The minimum Gasteiger partial charge on any atom is -0.454 e. The average molecular weight is 347 g/mol. The molecule has 2 heterocycles. The molecule has 0 atom stereocenters. The molecule has 2 aromatic rings. The van der Waals surface area contributed by atoms with Gasteiger partial charge < -0.3 is 15.0 Å². The lowest BCUT2D eigenvalue weighted by Crippen LogP contribution is -2.46. The minimum absolute atomic E-state index is 0.118.